The largest absolute Gasteiger partial charge is 0.461 e. The second-order valence-corrected chi connectivity index (χ2v) is 3.83. The van der Waals surface area contributed by atoms with E-state index in [0.717, 1.165) is 6.42 Å². The van der Waals surface area contributed by atoms with Crippen molar-refractivity contribution in [1.29, 1.82) is 0 Å². The van der Waals surface area contributed by atoms with Gasteiger partial charge in [-0.2, -0.15) is 0 Å². The Morgan fingerprint density at radius 2 is 2.21 bits per heavy atom. The van der Waals surface area contributed by atoms with Crippen LogP contribution in [0.2, 0.25) is 0 Å². The molecule has 0 saturated heterocycles. The zero-order valence-electron chi connectivity index (χ0n) is 9.20. The fourth-order valence-electron chi connectivity index (χ4n) is 1.35. The highest BCUT2D eigenvalue weighted by molar-refractivity contribution is 6.00. The summed E-state index contributed by atoms with van der Waals surface area (Å²) in [5.41, 5.74) is -0.474. The van der Waals surface area contributed by atoms with Crippen LogP contribution in [0.15, 0.2) is 22.8 Å². The maximum absolute atomic E-state index is 12.1. The van der Waals surface area contributed by atoms with E-state index in [2.05, 4.69) is 0 Å². The monoisotopic (exact) mass is 195 g/mol. The van der Waals surface area contributed by atoms with Crippen LogP contribution in [0.25, 0.3) is 0 Å². The summed E-state index contributed by atoms with van der Waals surface area (Å²) in [7, 11) is 3.81. The van der Waals surface area contributed by atoms with E-state index in [0.29, 0.717) is 5.76 Å². The van der Waals surface area contributed by atoms with Gasteiger partial charge in [0.05, 0.1) is 11.8 Å². The second kappa shape index (κ2) is 3.96. The Morgan fingerprint density at radius 3 is 2.57 bits per heavy atom. The molecule has 1 aromatic rings. The molecule has 0 radical (unpaired) electrons. The minimum Gasteiger partial charge on any atom is -0.461 e. The van der Waals surface area contributed by atoms with Gasteiger partial charge in [-0.25, -0.2) is 0 Å². The Kier molecular flexibility index (Phi) is 3.11. The number of likely N-dealkylation sites (N-methyl/N-ethyl adjacent to an activating group) is 1. The fraction of sp³-hybridized carbons (Fsp3) is 0.545. The molecule has 1 heterocycles. The molecule has 1 unspecified atom stereocenters. The first-order chi connectivity index (χ1) is 6.52. The van der Waals surface area contributed by atoms with Gasteiger partial charge >= 0.3 is 0 Å². The quantitative estimate of drug-likeness (QED) is 0.690. The summed E-state index contributed by atoms with van der Waals surface area (Å²) in [5.74, 6) is 0.470. The van der Waals surface area contributed by atoms with E-state index in [9.17, 15) is 4.79 Å². The van der Waals surface area contributed by atoms with Gasteiger partial charge in [-0.15, -0.1) is 0 Å². The van der Waals surface area contributed by atoms with E-state index < -0.39 is 5.54 Å². The van der Waals surface area contributed by atoms with Crippen molar-refractivity contribution in [2.75, 3.05) is 14.1 Å². The highest BCUT2D eigenvalue weighted by Gasteiger charge is 2.35. The molecule has 14 heavy (non-hydrogen) atoms. The van der Waals surface area contributed by atoms with Crippen molar-refractivity contribution >= 4 is 5.78 Å². The Balaban J connectivity index is 2.97. The van der Waals surface area contributed by atoms with Crippen LogP contribution in [0.3, 0.4) is 0 Å². The average Bonchev–Trinajstić information content (AvgIpc) is 2.67. The normalized spacial score (nSPS) is 15.5. The minimum absolute atomic E-state index is 0.0370. The summed E-state index contributed by atoms with van der Waals surface area (Å²) in [6, 6.07) is 3.44. The molecule has 0 aliphatic carbocycles. The van der Waals surface area contributed by atoms with Crippen LogP contribution in [0, 0.1) is 0 Å². The van der Waals surface area contributed by atoms with Crippen molar-refractivity contribution in [2.45, 2.75) is 25.8 Å². The molecule has 1 atom stereocenters. The zero-order chi connectivity index (χ0) is 10.8. The lowest BCUT2D eigenvalue weighted by Crippen LogP contribution is -2.47. The van der Waals surface area contributed by atoms with Crippen LogP contribution in [-0.2, 0) is 0 Å². The number of rotatable bonds is 4. The lowest BCUT2D eigenvalue weighted by Gasteiger charge is -2.33. The first-order valence-corrected chi connectivity index (χ1v) is 4.78. The molecule has 1 rings (SSSR count). The van der Waals surface area contributed by atoms with Crippen LogP contribution < -0.4 is 0 Å². The number of carbonyl (C=O) groups excluding carboxylic acids is 1. The number of hydrogen-bond donors (Lipinski definition) is 0. The number of ketones is 1. The maximum Gasteiger partial charge on any atom is 0.217 e. The molecular weight excluding hydrogens is 178 g/mol. The van der Waals surface area contributed by atoms with Crippen molar-refractivity contribution in [1.82, 2.24) is 4.90 Å². The molecule has 0 spiro atoms. The third kappa shape index (κ3) is 1.73. The van der Waals surface area contributed by atoms with E-state index >= 15 is 0 Å². The van der Waals surface area contributed by atoms with E-state index in [1.54, 1.807) is 12.1 Å². The molecule has 0 aromatic carbocycles. The molecule has 0 aliphatic heterocycles. The van der Waals surface area contributed by atoms with Gasteiger partial charge in [0, 0.05) is 0 Å². The van der Waals surface area contributed by atoms with Gasteiger partial charge in [0.15, 0.2) is 5.76 Å². The van der Waals surface area contributed by atoms with Gasteiger partial charge in [-0.1, -0.05) is 6.92 Å². The topological polar surface area (TPSA) is 33.5 Å². The number of Topliss-reactive ketones (excluding diaryl/α,β-unsaturated/α-hetero) is 1. The Morgan fingerprint density at radius 1 is 1.57 bits per heavy atom. The van der Waals surface area contributed by atoms with Gasteiger partial charge in [0.25, 0.3) is 0 Å². The zero-order valence-corrected chi connectivity index (χ0v) is 9.20. The van der Waals surface area contributed by atoms with E-state index in [4.69, 9.17) is 4.42 Å². The summed E-state index contributed by atoms with van der Waals surface area (Å²) in [6.45, 7) is 3.93. The molecule has 0 amide bonds. The molecule has 3 heteroatoms. The average molecular weight is 195 g/mol. The smallest absolute Gasteiger partial charge is 0.217 e. The third-order valence-corrected chi connectivity index (χ3v) is 2.91. The number of carbonyl (C=O) groups is 1. The molecule has 0 saturated carbocycles. The highest BCUT2D eigenvalue weighted by Crippen LogP contribution is 2.22. The lowest BCUT2D eigenvalue weighted by atomic mass is 9.90. The van der Waals surface area contributed by atoms with Crippen molar-refractivity contribution in [3.8, 4) is 0 Å². The number of furan rings is 1. The molecular formula is C11H17NO2. The predicted molar refractivity (Wildman–Crippen MR) is 55.4 cm³/mol. The standard InChI is InChI=1S/C11H17NO2/c1-5-11(2,12(3)4)10(13)9-7-6-8-14-9/h6-8H,5H2,1-4H3. The fourth-order valence-corrected chi connectivity index (χ4v) is 1.35. The molecule has 0 N–H and O–H groups in total. The first-order valence-electron chi connectivity index (χ1n) is 4.78. The van der Waals surface area contributed by atoms with Gasteiger partial charge in [0.1, 0.15) is 0 Å². The van der Waals surface area contributed by atoms with E-state index in [-0.39, 0.29) is 5.78 Å². The number of nitrogens with zero attached hydrogens (tertiary/aromatic N) is 1. The molecule has 1 aromatic heterocycles. The Bertz CT molecular complexity index is 303. The van der Waals surface area contributed by atoms with Crippen LogP contribution >= 0.6 is 0 Å². The van der Waals surface area contributed by atoms with Crippen LogP contribution in [-0.4, -0.2) is 30.3 Å². The highest BCUT2D eigenvalue weighted by atomic mass is 16.3. The predicted octanol–water partition coefficient (Wildman–Crippen LogP) is 2.19. The Labute approximate surface area is 84.7 Å². The van der Waals surface area contributed by atoms with Crippen LogP contribution in [0.1, 0.15) is 30.8 Å². The summed E-state index contributed by atoms with van der Waals surface area (Å²) < 4.78 is 5.12. The van der Waals surface area contributed by atoms with Gasteiger partial charge in [-0.3, -0.25) is 9.69 Å². The van der Waals surface area contributed by atoms with Crippen molar-refractivity contribution in [2.24, 2.45) is 0 Å². The minimum atomic E-state index is -0.474. The lowest BCUT2D eigenvalue weighted by molar-refractivity contribution is 0.0680. The maximum atomic E-state index is 12.1. The third-order valence-electron chi connectivity index (χ3n) is 2.91. The van der Waals surface area contributed by atoms with Gasteiger partial charge < -0.3 is 4.42 Å². The van der Waals surface area contributed by atoms with Crippen molar-refractivity contribution in [3.63, 3.8) is 0 Å². The van der Waals surface area contributed by atoms with Crippen LogP contribution in [0.4, 0.5) is 0 Å². The Hall–Kier alpha value is -1.09. The van der Waals surface area contributed by atoms with Crippen molar-refractivity contribution < 1.29 is 9.21 Å². The van der Waals surface area contributed by atoms with E-state index in [1.807, 2.05) is 32.8 Å². The number of hydrogen-bond acceptors (Lipinski definition) is 3. The summed E-state index contributed by atoms with van der Waals surface area (Å²) in [5, 5.41) is 0. The second-order valence-electron chi connectivity index (χ2n) is 3.83. The first kappa shape index (κ1) is 11.0. The summed E-state index contributed by atoms with van der Waals surface area (Å²) >= 11 is 0. The van der Waals surface area contributed by atoms with Crippen LogP contribution in [0.5, 0.6) is 0 Å². The summed E-state index contributed by atoms with van der Waals surface area (Å²) in [6.07, 6.45) is 2.29. The molecule has 0 aliphatic rings. The SMILES string of the molecule is CCC(C)(C(=O)c1ccco1)N(C)C. The molecule has 78 valence electrons. The summed E-state index contributed by atoms with van der Waals surface area (Å²) in [4.78, 5) is 14.0. The molecule has 0 bridgehead atoms. The van der Waals surface area contributed by atoms with Crippen molar-refractivity contribution in [3.05, 3.63) is 24.2 Å². The van der Waals surface area contributed by atoms with Gasteiger partial charge in [-0.05, 0) is 39.6 Å². The van der Waals surface area contributed by atoms with E-state index in [1.165, 1.54) is 6.26 Å². The molecule has 0 fully saturated rings. The van der Waals surface area contributed by atoms with Gasteiger partial charge in [0.2, 0.25) is 5.78 Å². The molecule has 3 nitrogen and oxygen atoms in total.